The summed E-state index contributed by atoms with van der Waals surface area (Å²) < 4.78 is 5.34. The van der Waals surface area contributed by atoms with E-state index in [0.29, 0.717) is 19.1 Å². The van der Waals surface area contributed by atoms with E-state index in [2.05, 4.69) is 10.6 Å². The fraction of sp³-hybridized carbons (Fsp3) is 0.900. The molecule has 0 aliphatic carbocycles. The van der Waals surface area contributed by atoms with Crippen LogP contribution in [-0.4, -0.2) is 38.8 Å². The van der Waals surface area contributed by atoms with Crippen molar-refractivity contribution < 1.29 is 9.53 Å². The van der Waals surface area contributed by atoms with Gasteiger partial charge in [-0.1, -0.05) is 0 Å². The first-order valence-electron chi connectivity index (χ1n) is 5.38. The van der Waals surface area contributed by atoms with Crippen LogP contribution in [0.25, 0.3) is 0 Å². The molecule has 2 N–H and O–H groups in total. The summed E-state index contributed by atoms with van der Waals surface area (Å²) in [5.41, 5.74) is 0. The van der Waals surface area contributed by atoms with Gasteiger partial charge in [0, 0.05) is 13.1 Å². The zero-order chi connectivity index (χ0) is 10.2. The van der Waals surface area contributed by atoms with E-state index in [-0.39, 0.29) is 12.5 Å². The van der Waals surface area contributed by atoms with Gasteiger partial charge in [0.2, 0.25) is 5.91 Å². The predicted octanol–water partition coefficient (Wildman–Crippen LogP) is 0.139. The number of hydrogen-bond acceptors (Lipinski definition) is 3. The molecule has 1 saturated heterocycles. The van der Waals surface area contributed by atoms with Gasteiger partial charge < -0.3 is 15.4 Å². The Kier molecular flexibility index (Phi) is 5.56. The molecule has 1 aliphatic rings. The minimum Gasteiger partial charge on any atom is -0.371 e. The first-order chi connectivity index (χ1) is 6.83. The molecule has 0 aromatic carbocycles. The van der Waals surface area contributed by atoms with E-state index in [4.69, 9.17) is 4.74 Å². The van der Waals surface area contributed by atoms with Gasteiger partial charge in [-0.3, -0.25) is 4.79 Å². The van der Waals surface area contributed by atoms with Crippen LogP contribution in [-0.2, 0) is 9.53 Å². The van der Waals surface area contributed by atoms with E-state index in [1.807, 2.05) is 6.92 Å². The van der Waals surface area contributed by atoms with Crippen molar-refractivity contribution in [2.24, 2.45) is 5.92 Å². The van der Waals surface area contributed by atoms with Crippen molar-refractivity contribution in [1.29, 1.82) is 0 Å². The molecule has 1 unspecified atom stereocenters. The molecule has 4 nitrogen and oxygen atoms in total. The molecule has 1 rings (SSSR count). The van der Waals surface area contributed by atoms with Gasteiger partial charge in [0.25, 0.3) is 0 Å². The number of hydrogen-bond donors (Lipinski definition) is 2. The molecule has 1 heterocycles. The Morgan fingerprint density at radius 1 is 1.64 bits per heavy atom. The van der Waals surface area contributed by atoms with Crippen LogP contribution in [0.15, 0.2) is 0 Å². The van der Waals surface area contributed by atoms with E-state index in [1.54, 1.807) is 0 Å². The third kappa shape index (κ3) is 4.58. The number of carbonyl (C=O) groups excluding carboxylic acids is 1. The van der Waals surface area contributed by atoms with Crippen LogP contribution in [0.4, 0.5) is 0 Å². The smallest absolute Gasteiger partial charge is 0.245 e. The van der Waals surface area contributed by atoms with Gasteiger partial charge in [-0.15, -0.1) is 0 Å². The van der Waals surface area contributed by atoms with Crippen molar-refractivity contribution in [3.8, 4) is 0 Å². The summed E-state index contributed by atoms with van der Waals surface area (Å²) in [5, 5.41) is 6.02. The van der Waals surface area contributed by atoms with Crippen molar-refractivity contribution in [3.63, 3.8) is 0 Å². The van der Waals surface area contributed by atoms with Gasteiger partial charge in [-0.25, -0.2) is 0 Å². The molecule has 82 valence electrons. The maximum atomic E-state index is 11.0. The normalized spacial score (nSPS) is 21.9. The second-order valence-corrected chi connectivity index (χ2v) is 3.68. The third-order valence-corrected chi connectivity index (χ3v) is 2.36. The predicted molar refractivity (Wildman–Crippen MR) is 55.1 cm³/mol. The van der Waals surface area contributed by atoms with Crippen molar-refractivity contribution in [2.75, 3.05) is 32.8 Å². The molecule has 0 saturated carbocycles. The fourth-order valence-electron chi connectivity index (χ4n) is 1.63. The number of carbonyl (C=O) groups is 1. The maximum absolute atomic E-state index is 11.0. The Hall–Kier alpha value is -0.610. The number of likely N-dealkylation sites (N-methyl/N-ethyl adjacent to an activating group) is 1. The largest absolute Gasteiger partial charge is 0.371 e. The van der Waals surface area contributed by atoms with Gasteiger partial charge in [-0.2, -0.15) is 0 Å². The highest BCUT2D eigenvalue weighted by Gasteiger charge is 2.13. The summed E-state index contributed by atoms with van der Waals surface area (Å²) in [6.45, 7) is 5.62. The average molecular weight is 200 g/mol. The molecular weight excluding hydrogens is 180 g/mol. The van der Waals surface area contributed by atoms with E-state index >= 15 is 0 Å². The number of ether oxygens (including phenoxy) is 1. The number of amides is 1. The Morgan fingerprint density at radius 2 is 2.50 bits per heavy atom. The van der Waals surface area contributed by atoms with Gasteiger partial charge in [0.1, 0.15) is 6.61 Å². The van der Waals surface area contributed by atoms with Crippen molar-refractivity contribution in [1.82, 2.24) is 10.6 Å². The zero-order valence-electron chi connectivity index (χ0n) is 8.84. The first kappa shape index (κ1) is 11.5. The summed E-state index contributed by atoms with van der Waals surface area (Å²) in [4.78, 5) is 11.0. The van der Waals surface area contributed by atoms with Crippen LogP contribution in [0, 0.1) is 5.92 Å². The first-order valence-corrected chi connectivity index (χ1v) is 5.38. The number of rotatable bonds is 5. The second-order valence-electron chi connectivity index (χ2n) is 3.68. The van der Waals surface area contributed by atoms with E-state index in [9.17, 15) is 4.79 Å². The van der Waals surface area contributed by atoms with Crippen LogP contribution < -0.4 is 10.6 Å². The van der Waals surface area contributed by atoms with Gasteiger partial charge in [0.05, 0.1) is 6.61 Å². The molecule has 1 atom stereocenters. The third-order valence-electron chi connectivity index (χ3n) is 2.36. The molecule has 0 aromatic rings. The van der Waals surface area contributed by atoms with Crippen LogP contribution in [0.5, 0.6) is 0 Å². The fourth-order valence-corrected chi connectivity index (χ4v) is 1.63. The lowest BCUT2D eigenvalue weighted by Crippen LogP contribution is -2.34. The lowest BCUT2D eigenvalue weighted by molar-refractivity contribution is -0.126. The molecular formula is C10H20N2O2. The second kappa shape index (κ2) is 6.79. The lowest BCUT2D eigenvalue weighted by Gasteiger charge is -2.22. The summed E-state index contributed by atoms with van der Waals surface area (Å²) >= 11 is 0. The Bertz CT molecular complexity index is 168. The summed E-state index contributed by atoms with van der Waals surface area (Å²) in [5.74, 6) is 0.564. The number of piperidine rings is 1. The summed E-state index contributed by atoms with van der Waals surface area (Å²) in [7, 11) is 0. The van der Waals surface area contributed by atoms with Crippen molar-refractivity contribution in [2.45, 2.75) is 19.8 Å². The molecule has 0 bridgehead atoms. The molecule has 14 heavy (non-hydrogen) atoms. The van der Waals surface area contributed by atoms with E-state index in [0.717, 1.165) is 13.1 Å². The SMILES string of the molecule is CCNC(=O)COCC1CCCNC1. The Balaban J connectivity index is 1.99. The minimum atomic E-state index is -0.0173. The maximum Gasteiger partial charge on any atom is 0.245 e. The molecule has 0 spiro atoms. The monoisotopic (exact) mass is 200 g/mol. The van der Waals surface area contributed by atoms with Crippen molar-refractivity contribution >= 4 is 5.91 Å². The van der Waals surface area contributed by atoms with Crippen LogP contribution in [0.1, 0.15) is 19.8 Å². The van der Waals surface area contributed by atoms with Crippen LogP contribution in [0.2, 0.25) is 0 Å². The lowest BCUT2D eigenvalue weighted by atomic mass is 10.0. The topological polar surface area (TPSA) is 50.4 Å². The highest BCUT2D eigenvalue weighted by molar-refractivity contribution is 5.77. The Morgan fingerprint density at radius 3 is 3.14 bits per heavy atom. The highest BCUT2D eigenvalue weighted by Crippen LogP contribution is 2.09. The van der Waals surface area contributed by atoms with Crippen LogP contribution >= 0.6 is 0 Å². The average Bonchev–Trinajstić information content (AvgIpc) is 2.20. The van der Waals surface area contributed by atoms with Crippen LogP contribution in [0.3, 0.4) is 0 Å². The minimum absolute atomic E-state index is 0.0173. The quantitative estimate of drug-likeness (QED) is 0.663. The molecule has 1 aliphatic heterocycles. The number of nitrogens with one attached hydrogen (secondary N) is 2. The van der Waals surface area contributed by atoms with Crippen molar-refractivity contribution in [3.05, 3.63) is 0 Å². The standard InChI is InChI=1S/C10H20N2O2/c1-2-12-10(13)8-14-7-9-4-3-5-11-6-9/h9,11H,2-8H2,1H3,(H,12,13). The van der Waals surface area contributed by atoms with Gasteiger partial charge in [-0.05, 0) is 32.2 Å². The molecule has 0 radical (unpaired) electrons. The highest BCUT2D eigenvalue weighted by atomic mass is 16.5. The molecule has 1 fully saturated rings. The summed E-state index contributed by atoms with van der Waals surface area (Å²) in [6.07, 6.45) is 2.43. The van der Waals surface area contributed by atoms with E-state index in [1.165, 1.54) is 12.8 Å². The molecule has 1 amide bonds. The van der Waals surface area contributed by atoms with Gasteiger partial charge >= 0.3 is 0 Å². The Labute approximate surface area is 85.4 Å². The zero-order valence-corrected chi connectivity index (χ0v) is 8.84. The summed E-state index contributed by atoms with van der Waals surface area (Å²) in [6, 6.07) is 0. The van der Waals surface area contributed by atoms with Gasteiger partial charge in [0.15, 0.2) is 0 Å². The molecule has 0 aromatic heterocycles. The molecule has 4 heteroatoms. The van der Waals surface area contributed by atoms with E-state index < -0.39 is 0 Å².